The monoisotopic (exact) mass is 872 g/mol. The number of allylic oxidation sites excluding steroid dienone is 2. The molecule has 0 aromatic heterocycles. The second-order valence-corrected chi connectivity index (χ2v) is 22.7. The average Bonchev–Trinajstić information content (AvgIpc) is 3.74. The molecule has 8 atom stereocenters. The van der Waals surface area contributed by atoms with Crippen LogP contribution in [-0.2, 0) is 36.4 Å². The van der Waals surface area contributed by atoms with Gasteiger partial charge in [0.2, 0.25) is 11.8 Å². The number of benzene rings is 2. The van der Waals surface area contributed by atoms with Crippen molar-refractivity contribution in [1.82, 2.24) is 10.6 Å². The minimum Gasteiger partial charge on any atom is -0.385 e. The Hall–Kier alpha value is -3.86. The molecule has 63 heavy (non-hydrogen) atoms. The van der Waals surface area contributed by atoms with E-state index in [9.17, 15) is 18.9 Å². The summed E-state index contributed by atoms with van der Waals surface area (Å²) in [6.07, 6.45) is 15.6. The van der Waals surface area contributed by atoms with Crippen LogP contribution < -0.4 is 20.9 Å². The molecular weight excluding hydrogens is 805 g/mol. The lowest BCUT2D eigenvalue weighted by atomic mass is 9.47. The highest BCUT2D eigenvalue weighted by Gasteiger charge is 2.60. The van der Waals surface area contributed by atoms with Crippen molar-refractivity contribution >= 4 is 41.0 Å². The molecule has 0 spiro atoms. The first-order valence-corrected chi connectivity index (χ1v) is 24.9. The smallest absolute Gasteiger partial charge is 0.224 e. The Morgan fingerprint density at radius 2 is 1.70 bits per heavy atom. The summed E-state index contributed by atoms with van der Waals surface area (Å²) in [6.45, 7) is 16.6. The van der Waals surface area contributed by atoms with Gasteiger partial charge in [0.15, 0.2) is 5.78 Å². The van der Waals surface area contributed by atoms with Crippen LogP contribution in [0.5, 0.6) is 0 Å². The van der Waals surface area contributed by atoms with Crippen molar-refractivity contribution in [3.8, 4) is 0 Å². The van der Waals surface area contributed by atoms with Crippen molar-refractivity contribution in [1.29, 1.82) is 0 Å². The zero-order valence-corrected chi connectivity index (χ0v) is 39.1. The molecule has 2 aromatic carbocycles. The number of fused-ring (bicyclic) bond motifs is 11. The summed E-state index contributed by atoms with van der Waals surface area (Å²) in [4.78, 5) is 42.8. The van der Waals surface area contributed by atoms with Crippen molar-refractivity contribution in [3.63, 3.8) is 0 Å². The van der Waals surface area contributed by atoms with Crippen LogP contribution in [0.25, 0.3) is 0 Å². The van der Waals surface area contributed by atoms with E-state index in [0.717, 1.165) is 105 Å². The number of amides is 2. The predicted molar refractivity (Wildman–Crippen MR) is 251 cm³/mol. The van der Waals surface area contributed by atoms with Gasteiger partial charge in [0.25, 0.3) is 0 Å². The van der Waals surface area contributed by atoms with Gasteiger partial charge in [-0.15, -0.1) is 0 Å². The van der Waals surface area contributed by atoms with Gasteiger partial charge in [0.1, 0.15) is 0 Å². The fourth-order valence-corrected chi connectivity index (χ4v) is 14.9. The third-order valence-corrected chi connectivity index (χ3v) is 18.3. The summed E-state index contributed by atoms with van der Waals surface area (Å²) in [7, 11) is 0. The van der Waals surface area contributed by atoms with Gasteiger partial charge in [-0.3, -0.25) is 14.4 Å². The number of carbonyl (C=O) groups is 3. The Labute approximate surface area is 378 Å². The van der Waals surface area contributed by atoms with E-state index in [4.69, 9.17) is 4.74 Å². The molecule has 0 bridgehead atoms. The SMILES string of the molecule is CC1(C)CC2=CC3=C4N(CCC3OC2CCNc2ccc(SO)cc21)c1ccc(CC(=O)NCCNC(=O)C2CCC3C5CCC6=CC(=O)CCC6(C)C5CCC23C)cc1C4(C)C. The summed E-state index contributed by atoms with van der Waals surface area (Å²) in [5, 5.41) is 10.0. The molecule has 336 valence electrons. The van der Waals surface area contributed by atoms with Gasteiger partial charge in [-0.1, -0.05) is 65.3 Å². The van der Waals surface area contributed by atoms with Crippen LogP contribution in [0.4, 0.5) is 11.4 Å². The number of hydrogen-bond donors (Lipinski definition) is 4. The molecule has 3 fully saturated rings. The lowest BCUT2D eigenvalue weighted by Crippen LogP contribution is -2.52. The third kappa shape index (κ3) is 7.24. The Balaban J connectivity index is 0.777. The summed E-state index contributed by atoms with van der Waals surface area (Å²) in [5.41, 5.74) is 10.8. The van der Waals surface area contributed by atoms with Gasteiger partial charge in [-0.2, -0.15) is 0 Å². The van der Waals surface area contributed by atoms with Crippen molar-refractivity contribution in [2.24, 2.45) is 34.5 Å². The second kappa shape index (κ2) is 15.9. The number of hydrogen-bond acceptors (Lipinski definition) is 8. The normalized spacial score (nSPS) is 33.4. The first-order valence-electron chi connectivity index (χ1n) is 24.1. The number of anilines is 2. The maximum Gasteiger partial charge on any atom is 0.224 e. The number of nitrogens with zero attached hydrogens (tertiary/aromatic N) is 1. The summed E-state index contributed by atoms with van der Waals surface area (Å²) >= 11 is 0.799. The predicted octanol–water partition coefficient (Wildman–Crippen LogP) is 9.81. The minimum atomic E-state index is -0.275. The van der Waals surface area contributed by atoms with Crippen LogP contribution >= 0.6 is 12.0 Å². The van der Waals surface area contributed by atoms with E-state index >= 15 is 0 Å². The molecular formula is C53H68N4O5S. The quantitative estimate of drug-likeness (QED) is 0.161. The maximum atomic E-state index is 13.8. The Kier molecular flexibility index (Phi) is 10.9. The van der Waals surface area contributed by atoms with Crippen LogP contribution in [-0.4, -0.2) is 60.5 Å². The largest absolute Gasteiger partial charge is 0.385 e. The van der Waals surface area contributed by atoms with E-state index < -0.39 is 0 Å². The lowest BCUT2D eigenvalue weighted by molar-refractivity contribution is -0.132. The number of carbonyl (C=O) groups excluding carboxylic acids is 3. The van der Waals surface area contributed by atoms with E-state index in [1.807, 2.05) is 12.1 Å². The van der Waals surface area contributed by atoms with E-state index in [1.165, 1.54) is 39.2 Å². The van der Waals surface area contributed by atoms with Crippen LogP contribution in [0.3, 0.4) is 0 Å². The van der Waals surface area contributed by atoms with Crippen LogP contribution in [0.15, 0.2) is 75.9 Å². The van der Waals surface area contributed by atoms with Crippen molar-refractivity contribution < 1.29 is 23.7 Å². The molecule has 2 aromatic rings. The van der Waals surface area contributed by atoms with Gasteiger partial charge >= 0.3 is 0 Å². The molecule has 4 aliphatic heterocycles. The van der Waals surface area contributed by atoms with Gasteiger partial charge < -0.3 is 30.1 Å². The molecule has 0 saturated heterocycles. The first-order chi connectivity index (χ1) is 30.1. The molecule has 10 rings (SSSR count). The molecule has 4 aliphatic carbocycles. The van der Waals surface area contributed by atoms with Crippen LogP contribution in [0.1, 0.15) is 129 Å². The zero-order chi connectivity index (χ0) is 44.1. The molecule has 2 amide bonds. The molecule has 0 radical (unpaired) electrons. The number of nitrogens with one attached hydrogen (secondary N) is 3. The third-order valence-electron chi connectivity index (χ3n) is 17.8. The van der Waals surface area contributed by atoms with Gasteiger partial charge in [0, 0.05) is 83.5 Å². The van der Waals surface area contributed by atoms with Gasteiger partial charge in [-0.05, 0) is 151 Å². The lowest BCUT2D eigenvalue weighted by Gasteiger charge is -2.58. The molecule has 4 N–H and O–H groups in total. The van der Waals surface area contributed by atoms with E-state index in [0.29, 0.717) is 43.0 Å². The van der Waals surface area contributed by atoms with Crippen molar-refractivity contribution in [2.45, 2.75) is 147 Å². The summed E-state index contributed by atoms with van der Waals surface area (Å²) in [6, 6.07) is 12.7. The van der Waals surface area contributed by atoms with Crippen LogP contribution in [0, 0.1) is 34.5 Å². The minimum absolute atomic E-state index is 0.00786. The Morgan fingerprint density at radius 1 is 0.873 bits per heavy atom. The topological polar surface area (TPSA) is 120 Å². The molecule has 8 aliphatic rings. The highest BCUT2D eigenvalue weighted by atomic mass is 32.2. The fraction of sp³-hybridized carbons (Fsp3) is 0.604. The van der Waals surface area contributed by atoms with Gasteiger partial charge in [-0.25, -0.2) is 0 Å². The highest BCUT2D eigenvalue weighted by Crippen LogP contribution is 2.66. The Bertz CT molecular complexity index is 2330. The standard InChI is InChI=1S/C53H68N4O5S/c1-50(2)30-32-27-37-46(62-45(32)17-21-54-43-13-9-35(63-61)29-41(43)50)18-24-57-44-14-7-31(25-42(44)51(3,4)48(37)57)26-47(59)55-22-23-56-49(60)40-12-11-38-36-10-8-33-28-34(58)15-19-52(33,5)39(36)16-20-53(38,40)6/h7,9,13-14,25,27-29,36,38-40,45-46,54,61H,8,10-12,15-24,26,30H2,1-6H3,(H,55,59)(H,56,60). The zero-order valence-electron chi connectivity index (χ0n) is 38.3. The van der Waals surface area contributed by atoms with Crippen molar-refractivity contribution in [2.75, 3.05) is 36.4 Å². The highest BCUT2D eigenvalue weighted by molar-refractivity contribution is 7.93. The Morgan fingerprint density at radius 3 is 2.52 bits per heavy atom. The number of rotatable bonds is 7. The second-order valence-electron chi connectivity index (χ2n) is 22.1. The average molecular weight is 873 g/mol. The van der Waals surface area contributed by atoms with Crippen LogP contribution in [0.2, 0.25) is 0 Å². The van der Waals surface area contributed by atoms with Crippen molar-refractivity contribution in [3.05, 3.63) is 87.7 Å². The summed E-state index contributed by atoms with van der Waals surface area (Å²) in [5.74, 6) is 2.23. The molecule has 9 nitrogen and oxygen atoms in total. The molecule has 4 heterocycles. The fourth-order valence-electron chi connectivity index (χ4n) is 14.6. The molecule has 3 saturated carbocycles. The number of ketones is 1. The molecule has 8 unspecified atom stereocenters. The first kappa shape index (κ1) is 43.1. The van der Waals surface area contributed by atoms with E-state index in [2.05, 4.69) is 98.8 Å². The maximum absolute atomic E-state index is 13.8. The van der Waals surface area contributed by atoms with Gasteiger partial charge in [0.05, 0.1) is 18.6 Å². The van der Waals surface area contributed by atoms with E-state index in [1.54, 1.807) is 0 Å². The molecule has 10 heteroatoms. The van der Waals surface area contributed by atoms with E-state index in [-0.39, 0.29) is 58.0 Å². The number of ether oxygens (including phenoxy) is 1. The summed E-state index contributed by atoms with van der Waals surface area (Å²) < 4.78 is 16.9.